The maximum Gasteiger partial charge on any atom is 0.227 e. The molecule has 19 heavy (non-hydrogen) atoms. The first-order valence-corrected chi connectivity index (χ1v) is 8.20. The number of thiophene rings is 1. The number of carbonyl (C=O) groups excluding carboxylic acids is 1. The van der Waals surface area contributed by atoms with Crippen LogP contribution in [-0.2, 0) is 11.2 Å². The molecule has 3 nitrogen and oxygen atoms in total. The highest BCUT2D eigenvalue weighted by atomic mass is 32.1. The van der Waals surface area contributed by atoms with Crippen molar-refractivity contribution >= 4 is 17.2 Å². The zero-order valence-corrected chi connectivity index (χ0v) is 12.5. The van der Waals surface area contributed by atoms with E-state index in [1.807, 2.05) is 11.3 Å². The van der Waals surface area contributed by atoms with Crippen LogP contribution in [-0.4, -0.2) is 29.9 Å². The second-order valence-electron chi connectivity index (χ2n) is 5.64. The van der Waals surface area contributed by atoms with Gasteiger partial charge in [0.2, 0.25) is 5.91 Å². The van der Waals surface area contributed by atoms with Gasteiger partial charge in [-0.2, -0.15) is 0 Å². The highest BCUT2D eigenvalue weighted by Gasteiger charge is 2.37. The van der Waals surface area contributed by atoms with Crippen LogP contribution >= 0.6 is 11.3 Å². The number of nitrogens with one attached hydrogen (secondary N) is 1. The molecule has 0 bridgehead atoms. The van der Waals surface area contributed by atoms with Gasteiger partial charge in [-0.25, -0.2) is 0 Å². The lowest BCUT2D eigenvalue weighted by Crippen LogP contribution is -2.45. The first-order chi connectivity index (χ1) is 9.22. The van der Waals surface area contributed by atoms with Gasteiger partial charge in [-0.1, -0.05) is 6.92 Å². The van der Waals surface area contributed by atoms with E-state index in [9.17, 15) is 4.79 Å². The van der Waals surface area contributed by atoms with Crippen LogP contribution in [0.4, 0.5) is 0 Å². The number of fused-ring (bicyclic) bond motifs is 1. The summed E-state index contributed by atoms with van der Waals surface area (Å²) in [6.45, 7) is 6.20. The second-order valence-corrected chi connectivity index (χ2v) is 6.64. The minimum absolute atomic E-state index is 0.175. The molecule has 0 radical (unpaired) electrons. The van der Waals surface area contributed by atoms with E-state index in [4.69, 9.17) is 0 Å². The van der Waals surface area contributed by atoms with E-state index in [0.717, 1.165) is 32.4 Å². The molecule has 3 rings (SSSR count). The SMILES string of the molecule is CCC1c2ccsc2CCN1C(=O)C1CCNC1C. The Kier molecular flexibility index (Phi) is 3.63. The highest BCUT2D eigenvalue weighted by molar-refractivity contribution is 7.10. The lowest BCUT2D eigenvalue weighted by molar-refractivity contribution is -0.138. The molecule has 4 heteroatoms. The lowest BCUT2D eigenvalue weighted by atomic mass is 9.93. The molecule has 3 heterocycles. The van der Waals surface area contributed by atoms with Crippen LogP contribution in [0.3, 0.4) is 0 Å². The van der Waals surface area contributed by atoms with Crippen molar-refractivity contribution in [3.8, 4) is 0 Å². The number of hydrogen-bond acceptors (Lipinski definition) is 3. The van der Waals surface area contributed by atoms with E-state index in [-0.39, 0.29) is 5.92 Å². The summed E-state index contributed by atoms with van der Waals surface area (Å²) in [6, 6.07) is 2.84. The van der Waals surface area contributed by atoms with Gasteiger partial charge in [-0.05, 0) is 49.7 Å². The van der Waals surface area contributed by atoms with Crippen molar-refractivity contribution < 1.29 is 4.79 Å². The summed E-state index contributed by atoms with van der Waals surface area (Å²) >= 11 is 1.84. The molecule has 2 aliphatic heterocycles. The molecule has 3 unspecified atom stereocenters. The Morgan fingerprint density at radius 2 is 2.42 bits per heavy atom. The first-order valence-electron chi connectivity index (χ1n) is 7.32. The molecule has 1 aromatic rings. The molecule has 0 saturated carbocycles. The topological polar surface area (TPSA) is 32.3 Å². The van der Waals surface area contributed by atoms with Crippen molar-refractivity contribution in [2.75, 3.05) is 13.1 Å². The summed E-state index contributed by atoms with van der Waals surface area (Å²) in [5.74, 6) is 0.537. The summed E-state index contributed by atoms with van der Waals surface area (Å²) in [6.07, 6.45) is 3.04. The number of rotatable bonds is 2. The molecule has 1 N–H and O–H groups in total. The van der Waals surface area contributed by atoms with Crippen LogP contribution in [0.15, 0.2) is 11.4 Å². The normalized spacial score (nSPS) is 30.4. The zero-order valence-electron chi connectivity index (χ0n) is 11.7. The van der Waals surface area contributed by atoms with Gasteiger partial charge >= 0.3 is 0 Å². The average Bonchev–Trinajstić information content (AvgIpc) is 3.04. The molecule has 1 saturated heterocycles. The standard InChI is InChI=1S/C15H22N2OS/c1-3-13-12-6-9-19-14(12)5-8-17(13)15(18)11-4-7-16-10(11)2/h6,9-11,13,16H,3-5,7-8H2,1-2H3. The van der Waals surface area contributed by atoms with E-state index < -0.39 is 0 Å². The Hall–Kier alpha value is -0.870. The fourth-order valence-electron chi connectivity index (χ4n) is 3.51. The maximum atomic E-state index is 12.8. The summed E-state index contributed by atoms with van der Waals surface area (Å²) in [7, 11) is 0. The van der Waals surface area contributed by atoms with Crippen LogP contribution in [0.1, 0.15) is 43.2 Å². The maximum absolute atomic E-state index is 12.8. The van der Waals surface area contributed by atoms with Crippen LogP contribution in [0.5, 0.6) is 0 Å². The molecule has 104 valence electrons. The summed E-state index contributed by atoms with van der Waals surface area (Å²) < 4.78 is 0. The second kappa shape index (κ2) is 5.25. The molecule has 2 aliphatic rings. The fraction of sp³-hybridized carbons (Fsp3) is 0.667. The third-order valence-electron chi connectivity index (χ3n) is 4.61. The monoisotopic (exact) mass is 278 g/mol. The number of carbonyl (C=O) groups is 1. The van der Waals surface area contributed by atoms with Crippen molar-refractivity contribution in [3.05, 3.63) is 21.9 Å². The molecular weight excluding hydrogens is 256 g/mol. The summed E-state index contributed by atoms with van der Waals surface area (Å²) in [4.78, 5) is 16.4. The van der Waals surface area contributed by atoms with Crippen molar-refractivity contribution in [1.82, 2.24) is 10.2 Å². The minimum atomic E-state index is 0.175. The van der Waals surface area contributed by atoms with Crippen LogP contribution in [0.2, 0.25) is 0 Å². The van der Waals surface area contributed by atoms with Crippen LogP contribution in [0, 0.1) is 5.92 Å². The Morgan fingerprint density at radius 1 is 1.58 bits per heavy atom. The molecule has 0 aromatic carbocycles. The highest BCUT2D eigenvalue weighted by Crippen LogP contribution is 2.36. The third kappa shape index (κ3) is 2.21. The van der Waals surface area contributed by atoms with Crippen LogP contribution < -0.4 is 5.32 Å². The Labute approximate surface area is 119 Å². The number of amides is 1. The van der Waals surface area contributed by atoms with Gasteiger partial charge < -0.3 is 10.2 Å². The first kappa shape index (κ1) is 13.1. The van der Waals surface area contributed by atoms with Gasteiger partial charge in [0.15, 0.2) is 0 Å². The van der Waals surface area contributed by atoms with Gasteiger partial charge in [0.1, 0.15) is 0 Å². The Balaban J connectivity index is 1.83. The van der Waals surface area contributed by atoms with E-state index in [1.165, 1.54) is 10.4 Å². The van der Waals surface area contributed by atoms with Gasteiger partial charge in [0, 0.05) is 17.5 Å². The average molecular weight is 278 g/mol. The number of nitrogens with zero attached hydrogens (tertiary/aromatic N) is 1. The lowest BCUT2D eigenvalue weighted by Gasteiger charge is -2.37. The molecule has 3 atom stereocenters. The Bertz CT molecular complexity index is 470. The van der Waals surface area contributed by atoms with Crippen LogP contribution in [0.25, 0.3) is 0 Å². The summed E-state index contributed by atoms with van der Waals surface area (Å²) in [5.41, 5.74) is 1.39. The molecule has 1 amide bonds. The van der Waals surface area contributed by atoms with Crippen molar-refractivity contribution in [2.45, 2.75) is 45.2 Å². The quantitative estimate of drug-likeness (QED) is 0.902. The van der Waals surface area contributed by atoms with E-state index >= 15 is 0 Å². The van der Waals surface area contributed by atoms with Gasteiger partial charge in [-0.15, -0.1) is 11.3 Å². The van der Waals surface area contributed by atoms with Gasteiger partial charge in [-0.3, -0.25) is 4.79 Å². The molecule has 0 spiro atoms. The molecule has 0 aliphatic carbocycles. The van der Waals surface area contributed by atoms with E-state index in [2.05, 4.69) is 35.5 Å². The van der Waals surface area contributed by atoms with Gasteiger partial charge in [0.05, 0.1) is 12.0 Å². The fourth-order valence-corrected chi connectivity index (χ4v) is 4.44. The Morgan fingerprint density at radius 3 is 3.11 bits per heavy atom. The minimum Gasteiger partial charge on any atom is -0.335 e. The van der Waals surface area contributed by atoms with Crippen molar-refractivity contribution in [3.63, 3.8) is 0 Å². The zero-order chi connectivity index (χ0) is 13.4. The van der Waals surface area contributed by atoms with Gasteiger partial charge in [0.25, 0.3) is 0 Å². The third-order valence-corrected chi connectivity index (χ3v) is 5.60. The largest absolute Gasteiger partial charge is 0.335 e. The summed E-state index contributed by atoms with van der Waals surface area (Å²) in [5, 5.41) is 5.56. The predicted octanol–water partition coefficient (Wildman–Crippen LogP) is 2.58. The number of hydrogen-bond donors (Lipinski definition) is 1. The van der Waals surface area contributed by atoms with Crippen molar-refractivity contribution in [2.24, 2.45) is 5.92 Å². The molecular formula is C15H22N2OS. The predicted molar refractivity (Wildman–Crippen MR) is 78.3 cm³/mol. The van der Waals surface area contributed by atoms with Crippen molar-refractivity contribution in [1.29, 1.82) is 0 Å². The van der Waals surface area contributed by atoms with E-state index in [0.29, 0.717) is 18.0 Å². The molecule has 1 fully saturated rings. The molecule has 1 aromatic heterocycles. The smallest absolute Gasteiger partial charge is 0.227 e. The van der Waals surface area contributed by atoms with E-state index in [1.54, 1.807) is 0 Å².